The summed E-state index contributed by atoms with van der Waals surface area (Å²) in [6, 6.07) is 1.81. The lowest BCUT2D eigenvalue weighted by atomic mass is 9.74. The van der Waals surface area contributed by atoms with E-state index in [2.05, 4.69) is 41.1 Å². The summed E-state index contributed by atoms with van der Waals surface area (Å²) in [6.07, 6.45) is 12.9. The summed E-state index contributed by atoms with van der Waals surface area (Å²) in [5.74, 6) is 1.65. The molecule has 1 N–H and O–H groups in total. The smallest absolute Gasteiger partial charge is 0.175 e. The second kappa shape index (κ2) is 7.86. The molecule has 1 aliphatic rings. The summed E-state index contributed by atoms with van der Waals surface area (Å²) in [6.45, 7) is 6.70. The van der Waals surface area contributed by atoms with Crippen molar-refractivity contribution in [3.63, 3.8) is 0 Å². The van der Waals surface area contributed by atoms with Gasteiger partial charge in [-0.2, -0.15) is 10.2 Å². The summed E-state index contributed by atoms with van der Waals surface area (Å²) < 4.78 is 1.66. The van der Waals surface area contributed by atoms with Gasteiger partial charge < -0.3 is 0 Å². The van der Waals surface area contributed by atoms with E-state index in [0.717, 1.165) is 23.6 Å². The maximum atomic E-state index is 13.4. The zero-order chi connectivity index (χ0) is 19.7. The Morgan fingerprint density at radius 1 is 1.36 bits per heavy atom. The average Bonchev–Trinajstić information content (AvgIpc) is 3.35. The van der Waals surface area contributed by atoms with Crippen LogP contribution in [0.3, 0.4) is 0 Å². The van der Waals surface area contributed by atoms with E-state index in [1.54, 1.807) is 16.9 Å². The second-order valence-corrected chi connectivity index (χ2v) is 8.33. The molecule has 0 saturated heterocycles. The number of ketones is 1. The Bertz CT molecular complexity index is 959. The van der Waals surface area contributed by atoms with Crippen LogP contribution < -0.4 is 0 Å². The number of H-pyrrole nitrogens is 1. The molecule has 4 atom stereocenters. The molecule has 0 amide bonds. The Hall–Kier alpha value is -2.50. The fraction of sp³-hybridized carbons (Fsp3) is 0.545. The van der Waals surface area contributed by atoms with Crippen LogP contribution in [0.25, 0.3) is 5.65 Å². The number of aromatic amines is 1. The number of carbonyl (C=O) groups is 1. The zero-order valence-electron chi connectivity index (χ0n) is 16.9. The number of hydrogen-bond donors (Lipinski definition) is 1. The van der Waals surface area contributed by atoms with Crippen LogP contribution in [0.5, 0.6) is 0 Å². The molecule has 1 aliphatic carbocycles. The van der Waals surface area contributed by atoms with Gasteiger partial charge in [0.1, 0.15) is 0 Å². The summed E-state index contributed by atoms with van der Waals surface area (Å²) in [7, 11) is 0. The van der Waals surface area contributed by atoms with Crippen LogP contribution in [0, 0.1) is 11.8 Å². The number of rotatable bonds is 6. The van der Waals surface area contributed by atoms with E-state index in [0.29, 0.717) is 23.0 Å². The minimum absolute atomic E-state index is 0.0723. The largest absolute Gasteiger partial charge is 0.293 e. The second-order valence-electron chi connectivity index (χ2n) is 8.33. The Morgan fingerprint density at radius 2 is 2.21 bits per heavy atom. The van der Waals surface area contributed by atoms with E-state index in [1.807, 2.05) is 18.5 Å². The average molecular weight is 380 g/mol. The lowest BCUT2D eigenvalue weighted by molar-refractivity contribution is 0.0958. The number of nitrogens with zero attached hydrogens (tertiary/aromatic N) is 4. The molecule has 3 aromatic heterocycles. The molecule has 4 unspecified atom stereocenters. The Morgan fingerprint density at radius 3 is 3.00 bits per heavy atom. The lowest BCUT2D eigenvalue weighted by Gasteiger charge is -2.31. The highest BCUT2D eigenvalue weighted by atomic mass is 16.1. The minimum Gasteiger partial charge on any atom is -0.293 e. The van der Waals surface area contributed by atoms with Crippen molar-refractivity contribution in [2.24, 2.45) is 11.8 Å². The van der Waals surface area contributed by atoms with Gasteiger partial charge in [-0.1, -0.05) is 33.6 Å². The van der Waals surface area contributed by atoms with Gasteiger partial charge >= 0.3 is 0 Å². The predicted molar refractivity (Wildman–Crippen MR) is 108 cm³/mol. The van der Waals surface area contributed by atoms with Crippen LogP contribution in [-0.4, -0.2) is 30.6 Å². The number of Topliss-reactive ketones (excluding diaryl/α,β-unsaturated/α-hetero) is 1. The topological polar surface area (TPSA) is 75.9 Å². The standard InChI is InChI=1S/C22H29N5O/c1-4-17(21(28)19-13-25-27-10-6-9-23-22(19)27)18-12-24-26-20(18)15(3)16-8-5-7-14(2)11-16/h6,9-10,12-17H,4-5,7-8,11H2,1-3H3,(H,24,26). The van der Waals surface area contributed by atoms with E-state index < -0.39 is 0 Å². The van der Waals surface area contributed by atoms with Crippen LogP contribution >= 0.6 is 0 Å². The minimum atomic E-state index is -0.229. The molecule has 28 heavy (non-hydrogen) atoms. The van der Waals surface area contributed by atoms with Gasteiger partial charge in [-0.25, -0.2) is 9.50 Å². The maximum absolute atomic E-state index is 13.4. The van der Waals surface area contributed by atoms with Gasteiger partial charge in [0.15, 0.2) is 11.4 Å². The molecule has 1 fully saturated rings. The molecule has 0 bridgehead atoms. The summed E-state index contributed by atoms with van der Waals surface area (Å²) in [4.78, 5) is 17.8. The van der Waals surface area contributed by atoms with Crippen molar-refractivity contribution < 1.29 is 4.79 Å². The van der Waals surface area contributed by atoms with Gasteiger partial charge in [-0.05, 0) is 37.2 Å². The number of fused-ring (bicyclic) bond motifs is 1. The van der Waals surface area contributed by atoms with E-state index >= 15 is 0 Å². The lowest BCUT2D eigenvalue weighted by Crippen LogP contribution is -2.21. The van der Waals surface area contributed by atoms with Gasteiger partial charge in [-0.15, -0.1) is 0 Å². The molecule has 3 heterocycles. The highest BCUT2D eigenvalue weighted by Crippen LogP contribution is 2.40. The molecule has 0 spiro atoms. The van der Waals surface area contributed by atoms with Crippen molar-refractivity contribution in [3.05, 3.63) is 47.7 Å². The molecule has 4 rings (SSSR count). The molecular formula is C22H29N5O. The van der Waals surface area contributed by atoms with Crippen LogP contribution in [0.1, 0.15) is 86.3 Å². The SMILES string of the molecule is CCC(C(=O)c1cnn2cccnc12)c1cn[nH]c1C(C)C1CCCC(C)C1. The molecule has 6 nitrogen and oxygen atoms in total. The zero-order valence-corrected chi connectivity index (χ0v) is 16.9. The molecule has 0 aromatic carbocycles. The van der Waals surface area contributed by atoms with Crippen molar-refractivity contribution in [3.8, 4) is 0 Å². The highest BCUT2D eigenvalue weighted by molar-refractivity contribution is 6.05. The number of nitrogens with one attached hydrogen (secondary N) is 1. The molecule has 6 heteroatoms. The maximum Gasteiger partial charge on any atom is 0.175 e. The fourth-order valence-electron chi connectivity index (χ4n) is 4.85. The van der Waals surface area contributed by atoms with Crippen LogP contribution in [-0.2, 0) is 0 Å². The van der Waals surface area contributed by atoms with Gasteiger partial charge in [-0.3, -0.25) is 9.89 Å². The third kappa shape index (κ3) is 3.36. The molecule has 1 saturated carbocycles. The number of carbonyl (C=O) groups excluding carboxylic acids is 1. The molecule has 0 radical (unpaired) electrons. The third-order valence-electron chi connectivity index (χ3n) is 6.48. The summed E-state index contributed by atoms with van der Waals surface area (Å²) in [5.41, 5.74) is 3.36. The first-order valence-corrected chi connectivity index (χ1v) is 10.5. The van der Waals surface area contributed by atoms with Crippen molar-refractivity contribution >= 4 is 11.4 Å². The highest BCUT2D eigenvalue weighted by Gasteiger charge is 2.32. The Labute approximate surface area is 165 Å². The molecular weight excluding hydrogens is 350 g/mol. The van der Waals surface area contributed by atoms with Gasteiger partial charge in [0.2, 0.25) is 0 Å². The third-order valence-corrected chi connectivity index (χ3v) is 6.48. The van der Waals surface area contributed by atoms with E-state index in [4.69, 9.17) is 0 Å². The van der Waals surface area contributed by atoms with Gasteiger partial charge in [0.25, 0.3) is 0 Å². The Kier molecular flexibility index (Phi) is 5.29. The van der Waals surface area contributed by atoms with E-state index in [-0.39, 0.29) is 11.7 Å². The Balaban J connectivity index is 1.64. The molecule has 0 aliphatic heterocycles. The van der Waals surface area contributed by atoms with Crippen molar-refractivity contribution in [2.75, 3.05) is 0 Å². The van der Waals surface area contributed by atoms with E-state index in [9.17, 15) is 4.79 Å². The monoisotopic (exact) mass is 379 g/mol. The van der Waals surface area contributed by atoms with Crippen molar-refractivity contribution in [1.82, 2.24) is 24.8 Å². The van der Waals surface area contributed by atoms with Crippen molar-refractivity contribution in [2.45, 2.75) is 64.7 Å². The summed E-state index contributed by atoms with van der Waals surface area (Å²) >= 11 is 0. The predicted octanol–water partition coefficient (Wildman–Crippen LogP) is 4.76. The van der Waals surface area contributed by atoms with Crippen LogP contribution in [0.15, 0.2) is 30.9 Å². The van der Waals surface area contributed by atoms with E-state index in [1.165, 1.54) is 25.7 Å². The molecule has 148 valence electrons. The fourth-order valence-corrected chi connectivity index (χ4v) is 4.85. The van der Waals surface area contributed by atoms with Crippen molar-refractivity contribution in [1.29, 1.82) is 0 Å². The van der Waals surface area contributed by atoms with Crippen LogP contribution in [0.4, 0.5) is 0 Å². The first-order valence-electron chi connectivity index (χ1n) is 10.5. The first kappa shape index (κ1) is 18.8. The first-order chi connectivity index (χ1) is 13.6. The number of aromatic nitrogens is 5. The quantitative estimate of drug-likeness (QED) is 0.627. The summed E-state index contributed by atoms with van der Waals surface area (Å²) in [5, 5.41) is 11.9. The normalized spacial score (nSPS) is 22.2. The number of hydrogen-bond acceptors (Lipinski definition) is 4. The molecule has 3 aromatic rings. The van der Waals surface area contributed by atoms with Gasteiger partial charge in [0.05, 0.1) is 23.9 Å². The van der Waals surface area contributed by atoms with Crippen LogP contribution in [0.2, 0.25) is 0 Å². The van der Waals surface area contributed by atoms with Gasteiger partial charge in [0, 0.05) is 29.6 Å².